The van der Waals surface area contributed by atoms with E-state index in [9.17, 15) is 18.9 Å². The van der Waals surface area contributed by atoms with E-state index >= 15 is 0 Å². The molecule has 1 aromatic heterocycles. The lowest BCUT2D eigenvalue weighted by Crippen LogP contribution is -1.98. The predicted molar refractivity (Wildman–Crippen MR) is 64.9 cm³/mol. The minimum atomic E-state index is -1.22. The van der Waals surface area contributed by atoms with Crippen molar-refractivity contribution in [2.75, 3.05) is 0 Å². The topological polar surface area (TPSA) is 78.2 Å². The Bertz CT molecular complexity index is 677. The highest BCUT2D eigenvalue weighted by Gasteiger charge is 2.20. The molecule has 0 aliphatic carbocycles. The number of nitro benzene ring substituents is 1. The second kappa shape index (κ2) is 5.33. The van der Waals surface area contributed by atoms with E-state index in [4.69, 9.17) is 16.3 Å². The number of halogens is 3. The second-order valence-electron chi connectivity index (χ2n) is 3.71. The zero-order chi connectivity index (χ0) is 14.9. The molecule has 0 atom stereocenters. The minimum Gasteiger partial charge on any atom is -0.436 e. The third kappa shape index (κ3) is 2.97. The van der Waals surface area contributed by atoms with Crippen molar-refractivity contribution < 1.29 is 18.4 Å². The molecule has 0 aliphatic rings. The molecule has 20 heavy (non-hydrogen) atoms. The Morgan fingerprint density at radius 2 is 1.95 bits per heavy atom. The summed E-state index contributed by atoms with van der Waals surface area (Å²) >= 11 is 5.59. The van der Waals surface area contributed by atoms with Crippen LogP contribution in [0.25, 0.3) is 0 Å². The lowest BCUT2D eigenvalue weighted by atomic mass is 10.3. The number of nitro groups is 1. The van der Waals surface area contributed by atoms with Crippen molar-refractivity contribution in [2.45, 2.75) is 6.92 Å². The average Bonchev–Trinajstić information content (AvgIpc) is 2.31. The zero-order valence-electron chi connectivity index (χ0n) is 9.93. The van der Waals surface area contributed by atoms with E-state index in [2.05, 4.69) is 9.97 Å². The van der Waals surface area contributed by atoms with Gasteiger partial charge in [0.2, 0.25) is 17.0 Å². The molecule has 0 saturated carbocycles. The zero-order valence-corrected chi connectivity index (χ0v) is 10.7. The van der Waals surface area contributed by atoms with E-state index in [1.165, 1.54) is 6.07 Å². The summed E-state index contributed by atoms with van der Waals surface area (Å²) in [4.78, 5) is 16.9. The van der Waals surface area contributed by atoms with Crippen molar-refractivity contribution in [2.24, 2.45) is 0 Å². The van der Waals surface area contributed by atoms with Crippen molar-refractivity contribution in [1.29, 1.82) is 0 Å². The Morgan fingerprint density at radius 1 is 1.25 bits per heavy atom. The Hall–Kier alpha value is -2.35. The highest BCUT2D eigenvalue weighted by molar-refractivity contribution is 6.28. The second-order valence-corrected chi connectivity index (χ2v) is 4.05. The van der Waals surface area contributed by atoms with Gasteiger partial charge in [-0.1, -0.05) is 0 Å². The summed E-state index contributed by atoms with van der Waals surface area (Å²) in [5, 5.41) is 10.3. The van der Waals surface area contributed by atoms with Crippen LogP contribution in [0.2, 0.25) is 5.28 Å². The molecular weight excluding hydrogens is 296 g/mol. The maximum atomic E-state index is 13.6. The fourth-order valence-corrected chi connectivity index (χ4v) is 1.62. The molecule has 0 aliphatic heterocycles. The number of aryl methyl sites for hydroxylation is 1. The van der Waals surface area contributed by atoms with Gasteiger partial charge < -0.3 is 4.74 Å². The molecule has 0 unspecified atom stereocenters. The van der Waals surface area contributed by atoms with Gasteiger partial charge in [0, 0.05) is 17.8 Å². The number of nitrogens with zero attached hydrogens (tertiary/aromatic N) is 3. The molecule has 0 amide bonds. The van der Waals surface area contributed by atoms with Crippen LogP contribution in [0.15, 0.2) is 18.2 Å². The van der Waals surface area contributed by atoms with Crippen LogP contribution in [-0.2, 0) is 0 Å². The third-order valence-corrected chi connectivity index (χ3v) is 2.39. The molecule has 0 bridgehead atoms. The highest BCUT2D eigenvalue weighted by Crippen LogP contribution is 2.29. The molecule has 1 heterocycles. The fraction of sp³-hybridized carbons (Fsp3) is 0.0909. The summed E-state index contributed by atoms with van der Waals surface area (Å²) in [6.45, 7) is 1.60. The van der Waals surface area contributed by atoms with Gasteiger partial charge in [-0.3, -0.25) is 10.1 Å². The summed E-state index contributed by atoms with van der Waals surface area (Å²) in [5.41, 5.74) is -0.519. The molecule has 9 heteroatoms. The van der Waals surface area contributed by atoms with Crippen LogP contribution >= 0.6 is 11.6 Å². The fourth-order valence-electron chi connectivity index (χ4n) is 1.41. The largest absolute Gasteiger partial charge is 0.436 e. The number of ether oxygens (including phenoxy) is 1. The molecule has 2 rings (SSSR count). The quantitative estimate of drug-likeness (QED) is 0.493. The molecule has 0 radical (unpaired) electrons. The molecule has 1 aromatic carbocycles. The van der Waals surface area contributed by atoms with Gasteiger partial charge in [-0.2, -0.15) is 9.37 Å². The maximum absolute atomic E-state index is 13.6. The third-order valence-electron chi connectivity index (χ3n) is 2.22. The number of hydrogen-bond acceptors (Lipinski definition) is 5. The Labute approximate surface area is 116 Å². The molecule has 2 aromatic rings. The van der Waals surface area contributed by atoms with Crippen LogP contribution in [-0.4, -0.2) is 14.9 Å². The first kappa shape index (κ1) is 14.1. The van der Waals surface area contributed by atoms with Crippen LogP contribution in [0, 0.1) is 28.7 Å². The number of hydrogen-bond donors (Lipinski definition) is 0. The van der Waals surface area contributed by atoms with Gasteiger partial charge in [0.15, 0.2) is 11.6 Å². The Morgan fingerprint density at radius 3 is 2.55 bits per heavy atom. The van der Waals surface area contributed by atoms with Crippen molar-refractivity contribution in [1.82, 2.24) is 9.97 Å². The lowest BCUT2D eigenvalue weighted by Gasteiger charge is -2.07. The van der Waals surface area contributed by atoms with E-state index < -0.39 is 28.0 Å². The van der Waals surface area contributed by atoms with Crippen molar-refractivity contribution in [3.63, 3.8) is 0 Å². The smallest absolute Gasteiger partial charge is 0.307 e. The predicted octanol–water partition coefficient (Wildman–Crippen LogP) is 3.42. The van der Waals surface area contributed by atoms with Gasteiger partial charge in [-0.15, -0.1) is 0 Å². The van der Waals surface area contributed by atoms with E-state index in [0.29, 0.717) is 17.8 Å². The Balaban J connectivity index is 2.39. The average molecular weight is 302 g/mol. The highest BCUT2D eigenvalue weighted by atomic mass is 35.5. The number of rotatable bonds is 3. The van der Waals surface area contributed by atoms with E-state index in [-0.39, 0.29) is 11.2 Å². The summed E-state index contributed by atoms with van der Waals surface area (Å²) in [6.07, 6.45) is 0. The summed E-state index contributed by atoms with van der Waals surface area (Å²) in [5.74, 6) is -2.95. The van der Waals surface area contributed by atoms with Crippen LogP contribution < -0.4 is 4.74 Å². The molecule has 104 valence electrons. The summed E-state index contributed by atoms with van der Waals surface area (Å²) in [7, 11) is 0. The van der Waals surface area contributed by atoms with Gasteiger partial charge in [0.05, 0.1) is 11.0 Å². The SMILES string of the molecule is Cc1cc(Oc2cc(F)c([N+](=O)[O-])cc2F)nc(Cl)n1. The monoisotopic (exact) mass is 301 g/mol. The minimum absolute atomic E-state index is 0.102. The molecule has 0 fully saturated rings. The van der Waals surface area contributed by atoms with Crippen molar-refractivity contribution in [3.8, 4) is 11.6 Å². The first-order valence-corrected chi connectivity index (χ1v) is 5.57. The Kier molecular flexibility index (Phi) is 3.75. The summed E-state index contributed by atoms with van der Waals surface area (Å²) in [6, 6.07) is 2.35. The van der Waals surface area contributed by atoms with Crippen molar-refractivity contribution >= 4 is 17.3 Å². The van der Waals surface area contributed by atoms with Gasteiger partial charge in [0.1, 0.15) is 0 Å². The first-order chi connectivity index (χ1) is 9.36. The van der Waals surface area contributed by atoms with Crippen LogP contribution in [0.4, 0.5) is 14.5 Å². The van der Waals surface area contributed by atoms with Crippen LogP contribution in [0.5, 0.6) is 11.6 Å². The lowest BCUT2D eigenvalue weighted by molar-refractivity contribution is -0.387. The van der Waals surface area contributed by atoms with Crippen LogP contribution in [0.3, 0.4) is 0 Å². The standard InChI is InChI=1S/C11H6ClF2N3O3/c1-5-2-10(16-11(12)15-5)20-9-4-6(13)8(17(18)19)3-7(9)14/h2-4H,1H3. The van der Waals surface area contributed by atoms with Gasteiger partial charge >= 0.3 is 5.69 Å². The molecule has 0 N–H and O–H groups in total. The van der Waals surface area contributed by atoms with Crippen molar-refractivity contribution in [3.05, 3.63) is 50.9 Å². The van der Waals surface area contributed by atoms with Crippen LogP contribution in [0.1, 0.15) is 5.69 Å². The maximum Gasteiger partial charge on any atom is 0.307 e. The normalized spacial score (nSPS) is 10.4. The van der Waals surface area contributed by atoms with E-state index in [0.717, 1.165) is 0 Å². The van der Waals surface area contributed by atoms with Gasteiger partial charge in [0.25, 0.3) is 0 Å². The van der Waals surface area contributed by atoms with Gasteiger partial charge in [-0.05, 0) is 18.5 Å². The molecular formula is C11H6ClF2N3O3. The van der Waals surface area contributed by atoms with E-state index in [1.54, 1.807) is 6.92 Å². The van der Waals surface area contributed by atoms with Gasteiger partial charge in [-0.25, -0.2) is 9.37 Å². The number of aromatic nitrogens is 2. The molecule has 6 nitrogen and oxygen atoms in total. The molecule has 0 spiro atoms. The number of benzene rings is 1. The first-order valence-electron chi connectivity index (χ1n) is 5.19. The summed E-state index contributed by atoms with van der Waals surface area (Å²) < 4.78 is 32.0. The van der Waals surface area contributed by atoms with E-state index in [1.807, 2.05) is 0 Å². The molecule has 0 saturated heterocycles.